The maximum absolute atomic E-state index is 12.1. The number of nitrogens with zero attached hydrogens (tertiary/aromatic N) is 3. The third-order valence-corrected chi connectivity index (χ3v) is 6.24. The van der Waals surface area contributed by atoms with E-state index in [1.54, 1.807) is 0 Å². The molecular weight excluding hydrogens is 419 g/mol. The molecule has 0 radical (unpaired) electrons. The highest BCUT2D eigenvalue weighted by Gasteiger charge is 2.19. The zero-order valence-electron chi connectivity index (χ0n) is 17.1. The second kappa shape index (κ2) is 9.38. The van der Waals surface area contributed by atoms with E-state index in [0.29, 0.717) is 23.0 Å². The van der Waals surface area contributed by atoms with Gasteiger partial charge in [0.25, 0.3) is 0 Å². The zero-order valence-corrected chi connectivity index (χ0v) is 18.6. The Kier molecular flexibility index (Phi) is 6.61. The van der Waals surface area contributed by atoms with Crippen LogP contribution in [0.15, 0.2) is 36.4 Å². The van der Waals surface area contributed by atoms with E-state index in [-0.39, 0.29) is 5.91 Å². The molecule has 0 bridgehead atoms. The van der Waals surface area contributed by atoms with Gasteiger partial charge in [0.2, 0.25) is 5.91 Å². The van der Waals surface area contributed by atoms with E-state index >= 15 is 0 Å². The van der Waals surface area contributed by atoms with Gasteiger partial charge in [-0.15, -0.1) is 0 Å². The molecular formula is C23H26Cl2N4O. The van der Waals surface area contributed by atoms with Crippen LogP contribution in [0.3, 0.4) is 0 Å². The molecule has 0 atom stereocenters. The molecule has 5 nitrogen and oxygen atoms in total. The predicted molar refractivity (Wildman–Crippen MR) is 123 cm³/mol. The molecule has 1 amide bonds. The Morgan fingerprint density at radius 1 is 1.10 bits per heavy atom. The maximum Gasteiger partial charge on any atom is 0.224 e. The van der Waals surface area contributed by atoms with E-state index in [9.17, 15) is 4.79 Å². The minimum atomic E-state index is 0.0225. The molecule has 1 saturated heterocycles. The van der Waals surface area contributed by atoms with Crippen LogP contribution in [0.4, 0.5) is 5.69 Å². The first-order valence-electron chi connectivity index (χ1n) is 10.5. The molecule has 1 fully saturated rings. The van der Waals surface area contributed by atoms with Crippen LogP contribution in [-0.2, 0) is 17.9 Å². The quantitative estimate of drug-likeness (QED) is 0.506. The molecule has 1 aliphatic heterocycles. The van der Waals surface area contributed by atoms with Gasteiger partial charge >= 0.3 is 0 Å². The van der Waals surface area contributed by atoms with Crippen LogP contribution in [0, 0.1) is 0 Å². The zero-order chi connectivity index (χ0) is 21.1. The van der Waals surface area contributed by atoms with Gasteiger partial charge in [-0.2, -0.15) is 5.10 Å². The molecule has 1 aromatic heterocycles. The summed E-state index contributed by atoms with van der Waals surface area (Å²) < 4.78 is 1.95. The normalized spacial score (nSPS) is 14.5. The summed E-state index contributed by atoms with van der Waals surface area (Å²) in [6.07, 6.45) is 3.80. The van der Waals surface area contributed by atoms with Crippen LogP contribution in [0.25, 0.3) is 10.9 Å². The SMILES string of the molecule is CCCC(=O)Nc1ccc2c(CN3CCCC3)nn(Cc3c(Cl)cccc3Cl)c2c1. The number of aromatic nitrogens is 2. The highest BCUT2D eigenvalue weighted by molar-refractivity contribution is 6.36. The highest BCUT2D eigenvalue weighted by Crippen LogP contribution is 2.29. The van der Waals surface area contributed by atoms with Crippen molar-refractivity contribution in [2.45, 2.75) is 45.7 Å². The van der Waals surface area contributed by atoms with Crippen molar-refractivity contribution in [3.05, 3.63) is 57.7 Å². The second-order valence-corrected chi connectivity index (χ2v) is 8.63. The summed E-state index contributed by atoms with van der Waals surface area (Å²) in [5, 5.41) is 10.3. The largest absolute Gasteiger partial charge is 0.326 e. The number of anilines is 1. The topological polar surface area (TPSA) is 50.2 Å². The van der Waals surface area contributed by atoms with Gasteiger partial charge in [-0.1, -0.05) is 36.2 Å². The first-order chi connectivity index (χ1) is 14.5. The van der Waals surface area contributed by atoms with Crippen LogP contribution < -0.4 is 5.32 Å². The number of carbonyl (C=O) groups excluding carboxylic acids is 1. The lowest BCUT2D eigenvalue weighted by atomic mass is 10.1. The molecule has 2 aromatic carbocycles. The lowest BCUT2D eigenvalue weighted by molar-refractivity contribution is -0.116. The lowest BCUT2D eigenvalue weighted by Gasteiger charge is -2.12. The number of hydrogen-bond donors (Lipinski definition) is 1. The van der Waals surface area contributed by atoms with E-state index in [0.717, 1.165) is 53.9 Å². The summed E-state index contributed by atoms with van der Waals surface area (Å²) in [5.41, 5.74) is 3.63. The average molecular weight is 445 g/mol. The van der Waals surface area contributed by atoms with Crippen molar-refractivity contribution in [1.82, 2.24) is 14.7 Å². The molecule has 4 rings (SSSR count). The summed E-state index contributed by atoms with van der Waals surface area (Å²) in [6.45, 7) is 5.50. The average Bonchev–Trinajstić information content (AvgIpc) is 3.34. The molecule has 7 heteroatoms. The summed E-state index contributed by atoms with van der Waals surface area (Å²) in [5.74, 6) is 0.0225. The van der Waals surface area contributed by atoms with Crippen molar-refractivity contribution in [3.8, 4) is 0 Å². The highest BCUT2D eigenvalue weighted by atomic mass is 35.5. The van der Waals surface area contributed by atoms with Crippen molar-refractivity contribution in [1.29, 1.82) is 0 Å². The van der Waals surface area contributed by atoms with E-state index in [1.807, 2.05) is 41.9 Å². The summed E-state index contributed by atoms with van der Waals surface area (Å²) in [4.78, 5) is 14.5. The fourth-order valence-electron chi connectivity index (χ4n) is 3.99. The van der Waals surface area contributed by atoms with Gasteiger partial charge in [0, 0.05) is 39.6 Å². The van der Waals surface area contributed by atoms with Crippen molar-refractivity contribution < 1.29 is 4.79 Å². The number of rotatable bonds is 7. The third-order valence-electron chi connectivity index (χ3n) is 5.53. The Morgan fingerprint density at radius 3 is 2.53 bits per heavy atom. The van der Waals surface area contributed by atoms with Crippen molar-refractivity contribution >= 4 is 45.7 Å². The number of halogens is 2. The monoisotopic (exact) mass is 444 g/mol. The predicted octanol–water partition coefficient (Wildman–Crippen LogP) is 5.73. The van der Waals surface area contributed by atoms with Gasteiger partial charge in [-0.05, 0) is 62.7 Å². The third kappa shape index (κ3) is 4.64. The number of nitrogens with one attached hydrogen (secondary N) is 1. The summed E-state index contributed by atoms with van der Waals surface area (Å²) in [6, 6.07) is 11.5. The Labute approximate surface area is 186 Å². The van der Waals surface area contributed by atoms with E-state index in [4.69, 9.17) is 28.3 Å². The van der Waals surface area contributed by atoms with Crippen LogP contribution in [0.2, 0.25) is 10.0 Å². The van der Waals surface area contributed by atoms with Crippen molar-refractivity contribution in [2.24, 2.45) is 0 Å². The lowest BCUT2D eigenvalue weighted by Crippen LogP contribution is -2.19. The van der Waals surface area contributed by atoms with E-state index in [1.165, 1.54) is 12.8 Å². The Morgan fingerprint density at radius 2 is 1.83 bits per heavy atom. The molecule has 158 valence electrons. The fraction of sp³-hybridized carbons (Fsp3) is 0.391. The van der Waals surface area contributed by atoms with Crippen LogP contribution in [0.1, 0.15) is 43.9 Å². The smallest absolute Gasteiger partial charge is 0.224 e. The number of benzene rings is 2. The standard InChI is InChI=1S/C23H26Cl2N4O/c1-2-6-23(30)26-16-9-10-17-21(15-28-11-3-4-12-28)27-29(22(17)13-16)14-18-19(24)7-5-8-20(18)25/h5,7-10,13H,2-4,6,11-12,14-15H2,1H3,(H,26,30). The Hall–Kier alpha value is -2.08. The number of fused-ring (bicyclic) bond motifs is 1. The van der Waals surface area contributed by atoms with Gasteiger partial charge in [0.15, 0.2) is 0 Å². The van der Waals surface area contributed by atoms with Crippen molar-refractivity contribution in [2.75, 3.05) is 18.4 Å². The van der Waals surface area contributed by atoms with Gasteiger partial charge in [0.05, 0.1) is 17.8 Å². The fourth-order valence-corrected chi connectivity index (χ4v) is 4.51. The molecule has 1 N–H and O–H groups in total. The number of likely N-dealkylation sites (tertiary alicyclic amines) is 1. The van der Waals surface area contributed by atoms with Gasteiger partial charge in [-0.3, -0.25) is 14.4 Å². The molecule has 2 heterocycles. The number of hydrogen-bond acceptors (Lipinski definition) is 3. The molecule has 3 aromatic rings. The molecule has 0 unspecified atom stereocenters. The molecule has 0 spiro atoms. The minimum Gasteiger partial charge on any atom is -0.326 e. The first kappa shape index (κ1) is 21.2. The van der Waals surface area contributed by atoms with Gasteiger partial charge in [-0.25, -0.2) is 0 Å². The molecule has 0 aliphatic carbocycles. The maximum atomic E-state index is 12.1. The van der Waals surface area contributed by atoms with E-state index in [2.05, 4.69) is 16.3 Å². The van der Waals surface area contributed by atoms with E-state index < -0.39 is 0 Å². The minimum absolute atomic E-state index is 0.0225. The summed E-state index contributed by atoms with van der Waals surface area (Å²) in [7, 11) is 0. The Bertz CT molecular complexity index is 1040. The van der Waals surface area contributed by atoms with Gasteiger partial charge < -0.3 is 5.32 Å². The summed E-state index contributed by atoms with van der Waals surface area (Å²) >= 11 is 12.8. The van der Waals surface area contributed by atoms with Crippen LogP contribution in [0.5, 0.6) is 0 Å². The molecule has 1 aliphatic rings. The van der Waals surface area contributed by atoms with Crippen LogP contribution >= 0.6 is 23.2 Å². The first-order valence-corrected chi connectivity index (χ1v) is 11.2. The number of amides is 1. The number of carbonyl (C=O) groups is 1. The van der Waals surface area contributed by atoms with Gasteiger partial charge in [0.1, 0.15) is 0 Å². The molecule has 0 saturated carbocycles. The second-order valence-electron chi connectivity index (χ2n) is 7.82. The molecule has 30 heavy (non-hydrogen) atoms. The van der Waals surface area contributed by atoms with Crippen LogP contribution in [-0.4, -0.2) is 33.7 Å². The Balaban J connectivity index is 1.72. The van der Waals surface area contributed by atoms with Crippen molar-refractivity contribution in [3.63, 3.8) is 0 Å².